The summed E-state index contributed by atoms with van der Waals surface area (Å²) in [7, 11) is 2.08. The molecule has 3 nitrogen and oxygen atoms in total. The maximum atomic E-state index is 13.2. The molecule has 29 heavy (non-hydrogen) atoms. The van der Waals surface area contributed by atoms with E-state index in [1.807, 2.05) is 24.3 Å². The van der Waals surface area contributed by atoms with Crippen molar-refractivity contribution in [3.63, 3.8) is 0 Å². The number of nitriles is 1. The molecule has 0 fully saturated rings. The van der Waals surface area contributed by atoms with Crippen molar-refractivity contribution in [2.24, 2.45) is 0 Å². The van der Waals surface area contributed by atoms with Crippen LogP contribution < -0.4 is 0 Å². The predicted molar refractivity (Wildman–Crippen MR) is 115 cm³/mol. The van der Waals surface area contributed by atoms with Crippen LogP contribution in [-0.2, 0) is 18.7 Å². The standard InChI is InChI=1S/C23H19ClFN3S/c1-28-11-10-21-20(13-28)22(16-4-6-17(24)7-5-16)19(12-26)23(27-21)29-14-15-2-8-18(25)9-3-15/h2-9H,10-11,13-14H2,1H3. The van der Waals surface area contributed by atoms with Crippen LogP contribution in [-0.4, -0.2) is 23.5 Å². The van der Waals surface area contributed by atoms with Gasteiger partial charge in [-0.15, -0.1) is 11.8 Å². The van der Waals surface area contributed by atoms with E-state index in [4.69, 9.17) is 16.6 Å². The van der Waals surface area contributed by atoms with Crippen molar-refractivity contribution in [2.75, 3.05) is 13.6 Å². The average Bonchev–Trinajstić information content (AvgIpc) is 2.73. The van der Waals surface area contributed by atoms with Gasteiger partial charge in [0, 0.05) is 41.5 Å². The first-order valence-electron chi connectivity index (χ1n) is 9.32. The van der Waals surface area contributed by atoms with E-state index in [0.29, 0.717) is 16.3 Å². The monoisotopic (exact) mass is 423 g/mol. The number of rotatable bonds is 4. The third kappa shape index (κ3) is 4.30. The average molecular weight is 424 g/mol. The molecule has 6 heteroatoms. The third-order valence-electron chi connectivity index (χ3n) is 5.04. The summed E-state index contributed by atoms with van der Waals surface area (Å²) < 4.78 is 13.2. The Morgan fingerprint density at radius 1 is 1.17 bits per heavy atom. The number of fused-ring (bicyclic) bond motifs is 1. The summed E-state index contributed by atoms with van der Waals surface area (Å²) in [6.45, 7) is 1.70. The van der Waals surface area contributed by atoms with Crippen molar-refractivity contribution < 1.29 is 4.39 Å². The Kier molecular flexibility index (Phi) is 5.86. The summed E-state index contributed by atoms with van der Waals surface area (Å²) in [5.74, 6) is 0.373. The zero-order chi connectivity index (χ0) is 20.4. The van der Waals surface area contributed by atoms with E-state index in [-0.39, 0.29) is 5.82 Å². The summed E-state index contributed by atoms with van der Waals surface area (Å²) in [6.07, 6.45) is 0.849. The molecule has 2 aromatic carbocycles. The first-order valence-corrected chi connectivity index (χ1v) is 10.7. The quantitative estimate of drug-likeness (QED) is 0.505. The fourth-order valence-corrected chi connectivity index (χ4v) is 4.64. The second kappa shape index (κ2) is 8.54. The van der Waals surface area contributed by atoms with Crippen LogP contribution in [0.4, 0.5) is 4.39 Å². The largest absolute Gasteiger partial charge is 0.302 e. The second-order valence-electron chi connectivity index (χ2n) is 7.11. The molecule has 1 aromatic heterocycles. The molecule has 4 rings (SSSR count). The fraction of sp³-hybridized carbons (Fsp3) is 0.217. The molecular formula is C23H19ClFN3S. The molecule has 1 aliphatic rings. The molecule has 0 aliphatic carbocycles. The van der Waals surface area contributed by atoms with Gasteiger partial charge in [0.15, 0.2) is 0 Å². The molecule has 0 saturated carbocycles. The first-order chi connectivity index (χ1) is 14.0. The van der Waals surface area contributed by atoms with Gasteiger partial charge in [0.2, 0.25) is 0 Å². The van der Waals surface area contributed by atoms with Gasteiger partial charge in [0.05, 0.1) is 5.56 Å². The molecule has 1 aliphatic heterocycles. The van der Waals surface area contributed by atoms with E-state index in [9.17, 15) is 9.65 Å². The summed E-state index contributed by atoms with van der Waals surface area (Å²) >= 11 is 7.60. The molecule has 0 unspecified atom stereocenters. The maximum absolute atomic E-state index is 13.2. The summed E-state index contributed by atoms with van der Waals surface area (Å²) in [5, 5.41) is 11.4. The molecule has 0 bridgehead atoms. The Bertz CT molecular complexity index is 1080. The van der Waals surface area contributed by atoms with E-state index in [1.54, 1.807) is 12.1 Å². The van der Waals surface area contributed by atoms with Crippen LogP contribution >= 0.6 is 23.4 Å². The lowest BCUT2D eigenvalue weighted by Crippen LogP contribution is -2.28. The van der Waals surface area contributed by atoms with E-state index >= 15 is 0 Å². The number of halogens is 2. The van der Waals surface area contributed by atoms with Crippen molar-refractivity contribution in [1.29, 1.82) is 5.26 Å². The number of hydrogen-bond donors (Lipinski definition) is 0. The number of benzene rings is 2. The van der Waals surface area contributed by atoms with Gasteiger partial charge in [-0.3, -0.25) is 0 Å². The highest BCUT2D eigenvalue weighted by molar-refractivity contribution is 7.98. The number of thioether (sulfide) groups is 1. The lowest BCUT2D eigenvalue weighted by Gasteiger charge is -2.28. The van der Waals surface area contributed by atoms with E-state index in [1.165, 1.54) is 23.9 Å². The Labute approximate surface area is 179 Å². The molecule has 0 radical (unpaired) electrons. The van der Waals surface area contributed by atoms with Crippen molar-refractivity contribution >= 4 is 23.4 Å². The molecule has 0 spiro atoms. The molecule has 146 valence electrons. The summed E-state index contributed by atoms with van der Waals surface area (Å²) in [6, 6.07) is 16.5. The molecule has 0 amide bonds. The Hall–Kier alpha value is -2.39. The van der Waals surface area contributed by atoms with E-state index < -0.39 is 0 Å². The topological polar surface area (TPSA) is 39.9 Å². The van der Waals surface area contributed by atoms with Crippen LogP contribution in [0.3, 0.4) is 0 Å². The van der Waals surface area contributed by atoms with Crippen molar-refractivity contribution in [3.05, 3.63) is 81.8 Å². The lowest BCUT2D eigenvalue weighted by molar-refractivity contribution is 0.309. The smallest absolute Gasteiger partial charge is 0.123 e. The molecule has 3 aromatic rings. The number of hydrogen-bond acceptors (Lipinski definition) is 4. The molecule has 0 atom stereocenters. The van der Waals surface area contributed by atoms with Gasteiger partial charge in [-0.05, 0) is 48.0 Å². The summed E-state index contributed by atoms with van der Waals surface area (Å²) in [4.78, 5) is 7.11. The predicted octanol–water partition coefficient (Wildman–Crippen LogP) is 5.69. The SMILES string of the molecule is CN1CCc2nc(SCc3ccc(F)cc3)c(C#N)c(-c3ccc(Cl)cc3)c2C1. The van der Waals surface area contributed by atoms with Crippen LogP contribution in [0.5, 0.6) is 0 Å². The Balaban J connectivity index is 1.79. The second-order valence-corrected chi connectivity index (χ2v) is 8.51. The van der Waals surface area contributed by atoms with Crippen LogP contribution in [0.2, 0.25) is 5.02 Å². The highest BCUT2D eigenvalue weighted by Crippen LogP contribution is 2.38. The van der Waals surface area contributed by atoms with E-state index in [2.05, 4.69) is 18.0 Å². The number of likely N-dealkylation sites (N-methyl/N-ethyl adjacent to an activating group) is 1. The Morgan fingerprint density at radius 2 is 1.90 bits per heavy atom. The van der Waals surface area contributed by atoms with Gasteiger partial charge in [-0.25, -0.2) is 9.37 Å². The van der Waals surface area contributed by atoms with Gasteiger partial charge < -0.3 is 4.90 Å². The fourth-order valence-electron chi connectivity index (χ4n) is 3.55. The summed E-state index contributed by atoms with van der Waals surface area (Å²) in [5.41, 5.74) is 5.67. The van der Waals surface area contributed by atoms with Crippen LogP contribution in [0, 0.1) is 17.1 Å². The normalized spacial score (nSPS) is 13.7. The van der Waals surface area contributed by atoms with Gasteiger partial charge in [0.1, 0.15) is 16.9 Å². The van der Waals surface area contributed by atoms with Crippen LogP contribution in [0.25, 0.3) is 11.1 Å². The first kappa shape index (κ1) is 19.9. The minimum atomic E-state index is -0.252. The van der Waals surface area contributed by atoms with Crippen LogP contribution in [0.15, 0.2) is 53.6 Å². The highest BCUT2D eigenvalue weighted by Gasteiger charge is 2.25. The van der Waals surface area contributed by atoms with Gasteiger partial charge in [-0.1, -0.05) is 35.9 Å². The highest BCUT2D eigenvalue weighted by atomic mass is 35.5. The minimum absolute atomic E-state index is 0.252. The molecule has 2 heterocycles. The zero-order valence-corrected chi connectivity index (χ0v) is 17.5. The lowest BCUT2D eigenvalue weighted by atomic mass is 9.92. The van der Waals surface area contributed by atoms with Crippen molar-refractivity contribution in [2.45, 2.75) is 23.7 Å². The number of pyridine rings is 1. The number of nitrogens with zero attached hydrogens (tertiary/aromatic N) is 3. The molecule has 0 N–H and O–H groups in total. The van der Waals surface area contributed by atoms with Gasteiger partial charge in [0.25, 0.3) is 0 Å². The molecule has 0 saturated heterocycles. The Morgan fingerprint density at radius 3 is 2.59 bits per heavy atom. The van der Waals surface area contributed by atoms with Crippen molar-refractivity contribution in [1.82, 2.24) is 9.88 Å². The van der Waals surface area contributed by atoms with Gasteiger partial charge >= 0.3 is 0 Å². The number of aromatic nitrogens is 1. The van der Waals surface area contributed by atoms with Gasteiger partial charge in [-0.2, -0.15) is 5.26 Å². The zero-order valence-electron chi connectivity index (χ0n) is 16.0. The maximum Gasteiger partial charge on any atom is 0.123 e. The van der Waals surface area contributed by atoms with Crippen molar-refractivity contribution in [3.8, 4) is 17.2 Å². The van der Waals surface area contributed by atoms with E-state index in [0.717, 1.165) is 52.5 Å². The van der Waals surface area contributed by atoms with Crippen LogP contribution in [0.1, 0.15) is 22.4 Å². The minimum Gasteiger partial charge on any atom is -0.302 e. The third-order valence-corrected chi connectivity index (χ3v) is 6.34. The molecular weight excluding hydrogens is 405 g/mol.